The minimum absolute atomic E-state index is 0.319. The van der Waals surface area contributed by atoms with Crippen LogP contribution in [0, 0.1) is 10.8 Å². The summed E-state index contributed by atoms with van der Waals surface area (Å²) >= 11 is 5.21. The third-order valence-corrected chi connectivity index (χ3v) is 4.15. The maximum Gasteiger partial charge on any atom is 0.166 e. The third kappa shape index (κ3) is 2.42. The van der Waals surface area contributed by atoms with E-state index in [2.05, 4.69) is 38.3 Å². The smallest absolute Gasteiger partial charge is 0.166 e. The van der Waals surface area contributed by atoms with E-state index in [1.807, 2.05) is 0 Å². The molecule has 2 N–H and O–H groups in total. The molecule has 15 heavy (non-hydrogen) atoms. The van der Waals surface area contributed by atoms with Gasteiger partial charge in [-0.2, -0.15) is 0 Å². The highest BCUT2D eigenvalue weighted by Gasteiger charge is 2.65. The van der Waals surface area contributed by atoms with Crippen molar-refractivity contribution in [1.29, 1.82) is 0 Å². The molecule has 0 unspecified atom stereocenters. The molecule has 88 valence electrons. The van der Waals surface area contributed by atoms with E-state index in [-0.39, 0.29) is 0 Å². The number of thiocarbonyl (C=S) groups is 1. The molecule has 1 rings (SSSR count). The van der Waals surface area contributed by atoms with E-state index in [9.17, 15) is 0 Å². The Morgan fingerprint density at radius 3 is 2.20 bits per heavy atom. The van der Waals surface area contributed by atoms with Crippen LogP contribution in [0.3, 0.4) is 0 Å². The maximum atomic E-state index is 5.21. The van der Waals surface area contributed by atoms with Crippen LogP contribution in [0.5, 0.6) is 0 Å². The standard InChI is InChI=1S/C11H22N2OS/c1-10(2)8(11(10,3)4)13-9(15)12-6-7-14-5/h8H,6-7H2,1-5H3,(H2,12,13,15). The summed E-state index contributed by atoms with van der Waals surface area (Å²) in [7, 11) is 1.69. The Balaban J connectivity index is 2.29. The molecular weight excluding hydrogens is 208 g/mol. The van der Waals surface area contributed by atoms with Gasteiger partial charge in [-0.15, -0.1) is 0 Å². The number of methoxy groups -OCH3 is 1. The van der Waals surface area contributed by atoms with Gasteiger partial charge in [0.15, 0.2) is 5.11 Å². The number of ether oxygens (including phenoxy) is 1. The molecule has 0 amide bonds. The molecular formula is C11H22N2OS. The zero-order chi connectivity index (χ0) is 11.7. The van der Waals surface area contributed by atoms with Crippen molar-refractivity contribution in [2.24, 2.45) is 10.8 Å². The third-order valence-electron chi connectivity index (χ3n) is 3.89. The SMILES string of the molecule is COCCNC(=S)NC1C(C)(C)C1(C)C. The van der Waals surface area contributed by atoms with Crippen LogP contribution in [0.1, 0.15) is 27.7 Å². The van der Waals surface area contributed by atoms with Crippen molar-refractivity contribution in [3.8, 4) is 0 Å². The Labute approximate surface area is 98.0 Å². The summed E-state index contributed by atoms with van der Waals surface area (Å²) in [5, 5.41) is 7.22. The molecule has 1 saturated carbocycles. The van der Waals surface area contributed by atoms with E-state index in [1.165, 1.54) is 0 Å². The first-order valence-corrected chi connectivity index (χ1v) is 5.78. The lowest BCUT2D eigenvalue weighted by Crippen LogP contribution is -2.40. The largest absolute Gasteiger partial charge is 0.383 e. The highest BCUT2D eigenvalue weighted by molar-refractivity contribution is 7.80. The van der Waals surface area contributed by atoms with Gasteiger partial charge >= 0.3 is 0 Å². The van der Waals surface area contributed by atoms with E-state index in [4.69, 9.17) is 17.0 Å². The van der Waals surface area contributed by atoms with Gasteiger partial charge in [-0.1, -0.05) is 27.7 Å². The first-order valence-electron chi connectivity index (χ1n) is 5.37. The fourth-order valence-corrected chi connectivity index (χ4v) is 2.23. The number of rotatable bonds is 4. The highest BCUT2D eigenvalue weighted by atomic mass is 32.1. The van der Waals surface area contributed by atoms with Crippen LogP contribution in [0.25, 0.3) is 0 Å². The number of hydrogen-bond donors (Lipinski definition) is 2. The molecule has 0 bridgehead atoms. The fourth-order valence-electron chi connectivity index (χ4n) is 2.01. The minimum atomic E-state index is 0.319. The van der Waals surface area contributed by atoms with Crippen molar-refractivity contribution in [2.45, 2.75) is 33.7 Å². The molecule has 0 saturated heterocycles. The number of nitrogens with one attached hydrogen (secondary N) is 2. The van der Waals surface area contributed by atoms with Crippen molar-refractivity contribution in [1.82, 2.24) is 10.6 Å². The molecule has 0 aromatic carbocycles. The van der Waals surface area contributed by atoms with Gasteiger partial charge in [0.25, 0.3) is 0 Å². The average molecular weight is 230 g/mol. The van der Waals surface area contributed by atoms with E-state index >= 15 is 0 Å². The molecule has 0 radical (unpaired) electrons. The second kappa shape index (κ2) is 4.26. The van der Waals surface area contributed by atoms with E-state index in [1.54, 1.807) is 7.11 Å². The van der Waals surface area contributed by atoms with Crippen molar-refractivity contribution in [3.05, 3.63) is 0 Å². The first-order chi connectivity index (χ1) is 6.84. The molecule has 1 aliphatic carbocycles. The molecule has 0 aromatic rings. The van der Waals surface area contributed by atoms with Crippen LogP contribution >= 0.6 is 12.2 Å². The van der Waals surface area contributed by atoms with Crippen molar-refractivity contribution < 1.29 is 4.74 Å². The second-order valence-electron chi connectivity index (χ2n) is 5.27. The molecule has 0 aromatic heterocycles. The molecule has 0 atom stereocenters. The van der Waals surface area contributed by atoms with Gasteiger partial charge in [0.2, 0.25) is 0 Å². The molecule has 3 nitrogen and oxygen atoms in total. The lowest BCUT2D eigenvalue weighted by molar-refractivity contribution is 0.204. The Hall–Kier alpha value is -0.350. The normalized spacial score (nSPS) is 22.2. The summed E-state index contributed by atoms with van der Waals surface area (Å²) < 4.78 is 4.94. The van der Waals surface area contributed by atoms with E-state index < -0.39 is 0 Å². The molecule has 1 aliphatic rings. The highest BCUT2D eigenvalue weighted by Crippen LogP contribution is 2.62. The fraction of sp³-hybridized carbons (Fsp3) is 0.909. The second-order valence-corrected chi connectivity index (χ2v) is 5.68. The average Bonchev–Trinajstić information content (AvgIpc) is 2.49. The zero-order valence-corrected chi connectivity index (χ0v) is 11.1. The van der Waals surface area contributed by atoms with Crippen LogP contribution in [0.4, 0.5) is 0 Å². The van der Waals surface area contributed by atoms with Gasteiger partial charge in [0, 0.05) is 19.7 Å². The van der Waals surface area contributed by atoms with E-state index in [0.717, 1.165) is 11.7 Å². The van der Waals surface area contributed by atoms with Gasteiger partial charge in [-0.25, -0.2) is 0 Å². The number of hydrogen-bond acceptors (Lipinski definition) is 2. The van der Waals surface area contributed by atoms with Crippen molar-refractivity contribution in [2.75, 3.05) is 20.3 Å². The maximum absolute atomic E-state index is 5.21. The lowest BCUT2D eigenvalue weighted by Gasteiger charge is -2.11. The monoisotopic (exact) mass is 230 g/mol. The van der Waals surface area contributed by atoms with Crippen molar-refractivity contribution in [3.63, 3.8) is 0 Å². The molecule has 0 spiro atoms. The summed E-state index contributed by atoms with van der Waals surface area (Å²) in [5.74, 6) is 0. The molecule has 0 heterocycles. The van der Waals surface area contributed by atoms with Crippen LogP contribution in [-0.2, 0) is 4.74 Å². The van der Waals surface area contributed by atoms with Crippen LogP contribution in [0.15, 0.2) is 0 Å². The zero-order valence-electron chi connectivity index (χ0n) is 10.3. The Kier molecular flexibility index (Phi) is 3.61. The van der Waals surface area contributed by atoms with Gasteiger partial charge in [0.05, 0.1) is 6.61 Å². The van der Waals surface area contributed by atoms with Gasteiger partial charge in [0.1, 0.15) is 0 Å². The summed E-state index contributed by atoms with van der Waals surface area (Å²) in [4.78, 5) is 0. The van der Waals surface area contributed by atoms with Crippen LogP contribution in [0.2, 0.25) is 0 Å². The Morgan fingerprint density at radius 2 is 1.80 bits per heavy atom. The molecule has 4 heteroatoms. The van der Waals surface area contributed by atoms with Crippen LogP contribution in [-0.4, -0.2) is 31.4 Å². The van der Waals surface area contributed by atoms with Gasteiger partial charge in [-0.05, 0) is 23.0 Å². The summed E-state index contributed by atoms with van der Waals surface area (Å²) in [5.41, 5.74) is 0.639. The first kappa shape index (κ1) is 12.7. The predicted octanol–water partition coefficient (Wildman–Crippen LogP) is 1.53. The van der Waals surface area contributed by atoms with Crippen LogP contribution < -0.4 is 10.6 Å². The predicted molar refractivity (Wildman–Crippen MR) is 67.0 cm³/mol. The summed E-state index contributed by atoms with van der Waals surface area (Å²) in [6, 6.07) is 0.465. The lowest BCUT2D eigenvalue weighted by atomic mass is 10.0. The summed E-state index contributed by atoms with van der Waals surface area (Å²) in [6.07, 6.45) is 0. The Bertz CT molecular complexity index is 237. The van der Waals surface area contributed by atoms with Gasteiger partial charge in [-0.3, -0.25) is 0 Å². The summed E-state index contributed by atoms with van der Waals surface area (Å²) in [6.45, 7) is 10.5. The van der Waals surface area contributed by atoms with Gasteiger partial charge < -0.3 is 15.4 Å². The molecule has 1 fully saturated rings. The topological polar surface area (TPSA) is 33.3 Å². The molecule has 0 aliphatic heterocycles. The quantitative estimate of drug-likeness (QED) is 0.567. The Morgan fingerprint density at radius 1 is 1.27 bits per heavy atom. The minimum Gasteiger partial charge on any atom is -0.383 e. The van der Waals surface area contributed by atoms with Crippen molar-refractivity contribution >= 4 is 17.3 Å². The van der Waals surface area contributed by atoms with E-state index in [0.29, 0.717) is 23.5 Å².